The number of hydrogen-bond acceptors (Lipinski definition) is 3. The number of nitrogens with zero attached hydrogens (tertiary/aromatic N) is 1. The summed E-state index contributed by atoms with van der Waals surface area (Å²) in [5.74, 6) is 0. The number of nitrogens with one attached hydrogen (secondary N) is 2. The average molecular weight is 135 g/mol. The van der Waals surface area contributed by atoms with Gasteiger partial charge in [-0.25, -0.2) is 0 Å². The summed E-state index contributed by atoms with van der Waals surface area (Å²) in [6.45, 7) is 0. The topological polar surface area (TPSA) is 65.7 Å². The number of H-pyrrole nitrogens is 1. The summed E-state index contributed by atoms with van der Waals surface area (Å²) in [6, 6.07) is 0. The summed E-state index contributed by atoms with van der Waals surface area (Å²) in [4.78, 5) is 2.87. The molecule has 0 aliphatic rings. The van der Waals surface area contributed by atoms with Crippen LogP contribution in [0.4, 0.5) is 0 Å². The highest BCUT2D eigenvalue weighted by Gasteiger charge is 2.03. The van der Waals surface area contributed by atoms with Crippen molar-refractivity contribution in [3.8, 4) is 0 Å². The Balaban J connectivity index is 2.88. The average Bonchev–Trinajstić information content (AvgIpc) is 2.44. The Labute approximate surface area is 56.3 Å². The van der Waals surface area contributed by atoms with Crippen molar-refractivity contribution in [2.75, 3.05) is 0 Å². The summed E-state index contributed by atoms with van der Waals surface area (Å²) < 4.78 is 4.85. The summed E-state index contributed by atoms with van der Waals surface area (Å²) in [7, 11) is 0. The molecule has 2 aromatic rings. The lowest BCUT2D eigenvalue weighted by Gasteiger charge is -1.77. The molecule has 0 atom stereocenters. The molecule has 0 saturated carbocycles. The van der Waals surface area contributed by atoms with Crippen LogP contribution in [0.5, 0.6) is 0 Å². The zero-order chi connectivity index (χ0) is 6.97. The highest BCUT2D eigenvalue weighted by atomic mass is 16.5. The molecule has 0 spiro atoms. The van der Waals surface area contributed by atoms with E-state index < -0.39 is 0 Å². The Morgan fingerprint density at radius 3 is 3.40 bits per heavy atom. The van der Waals surface area contributed by atoms with Crippen LogP contribution in [-0.4, -0.2) is 16.4 Å². The van der Waals surface area contributed by atoms with Gasteiger partial charge in [0.1, 0.15) is 5.69 Å². The quantitative estimate of drug-likeness (QED) is 0.576. The SMILES string of the molecule is N=Cc1[nH]cc2cnoc12. The third-order valence-corrected chi connectivity index (χ3v) is 1.37. The Morgan fingerprint density at radius 2 is 2.60 bits per heavy atom. The lowest BCUT2D eigenvalue weighted by molar-refractivity contribution is 0.455. The molecule has 0 fully saturated rings. The lowest BCUT2D eigenvalue weighted by atomic mass is 10.4. The fourth-order valence-electron chi connectivity index (χ4n) is 0.883. The van der Waals surface area contributed by atoms with Crippen LogP contribution in [0.15, 0.2) is 16.9 Å². The summed E-state index contributed by atoms with van der Waals surface area (Å²) in [5, 5.41) is 11.4. The zero-order valence-electron chi connectivity index (χ0n) is 5.09. The largest absolute Gasteiger partial charge is 0.357 e. The van der Waals surface area contributed by atoms with Gasteiger partial charge in [0.05, 0.1) is 11.6 Å². The lowest BCUT2D eigenvalue weighted by Crippen LogP contribution is -1.75. The molecular weight excluding hydrogens is 130 g/mol. The molecule has 2 rings (SSSR count). The van der Waals surface area contributed by atoms with Gasteiger partial charge in [-0.3, -0.25) is 0 Å². The molecule has 0 aliphatic carbocycles. The van der Waals surface area contributed by atoms with Crippen LogP contribution < -0.4 is 0 Å². The van der Waals surface area contributed by atoms with Crippen LogP contribution in [0.3, 0.4) is 0 Å². The molecular formula is C6H5N3O. The Hall–Kier alpha value is -1.58. The van der Waals surface area contributed by atoms with Crippen LogP contribution in [-0.2, 0) is 0 Å². The van der Waals surface area contributed by atoms with Crippen molar-refractivity contribution in [3.63, 3.8) is 0 Å². The van der Waals surface area contributed by atoms with Crippen molar-refractivity contribution in [1.29, 1.82) is 5.41 Å². The third-order valence-electron chi connectivity index (χ3n) is 1.37. The van der Waals surface area contributed by atoms with Crippen LogP contribution >= 0.6 is 0 Å². The maximum absolute atomic E-state index is 6.94. The van der Waals surface area contributed by atoms with Gasteiger partial charge < -0.3 is 14.9 Å². The van der Waals surface area contributed by atoms with E-state index in [0.29, 0.717) is 11.3 Å². The minimum Gasteiger partial charge on any atom is -0.357 e. The van der Waals surface area contributed by atoms with Gasteiger partial charge in [-0.2, -0.15) is 0 Å². The van der Waals surface area contributed by atoms with Crippen LogP contribution in [0.1, 0.15) is 5.69 Å². The van der Waals surface area contributed by atoms with Crippen LogP contribution in [0.25, 0.3) is 11.0 Å². The van der Waals surface area contributed by atoms with Gasteiger partial charge in [0.2, 0.25) is 0 Å². The second-order valence-corrected chi connectivity index (χ2v) is 1.96. The molecule has 2 N–H and O–H groups in total. The molecule has 0 unspecified atom stereocenters. The summed E-state index contributed by atoms with van der Waals surface area (Å²) >= 11 is 0. The third kappa shape index (κ3) is 0.500. The highest BCUT2D eigenvalue weighted by molar-refractivity contribution is 5.93. The van der Waals surface area contributed by atoms with E-state index in [2.05, 4.69) is 10.1 Å². The van der Waals surface area contributed by atoms with Gasteiger partial charge in [0.25, 0.3) is 0 Å². The van der Waals surface area contributed by atoms with Crippen LogP contribution in [0, 0.1) is 5.41 Å². The fraction of sp³-hybridized carbons (Fsp3) is 0. The molecule has 2 heterocycles. The normalized spacial score (nSPS) is 10.4. The highest BCUT2D eigenvalue weighted by Crippen LogP contribution is 2.14. The van der Waals surface area contributed by atoms with Crippen molar-refractivity contribution in [1.82, 2.24) is 10.1 Å². The second kappa shape index (κ2) is 1.70. The van der Waals surface area contributed by atoms with Crippen molar-refractivity contribution >= 4 is 17.2 Å². The van der Waals surface area contributed by atoms with E-state index in [0.717, 1.165) is 5.39 Å². The molecule has 4 nitrogen and oxygen atoms in total. The Bertz CT molecular complexity index is 360. The first-order valence-electron chi connectivity index (χ1n) is 2.84. The van der Waals surface area contributed by atoms with E-state index in [1.54, 1.807) is 12.4 Å². The Kier molecular flexibility index (Phi) is 0.887. The van der Waals surface area contributed by atoms with Gasteiger partial charge in [0, 0.05) is 12.4 Å². The molecule has 2 aromatic heterocycles. The minimum atomic E-state index is 0.648. The van der Waals surface area contributed by atoms with Crippen molar-refractivity contribution in [2.45, 2.75) is 0 Å². The molecule has 0 aromatic carbocycles. The first-order valence-corrected chi connectivity index (χ1v) is 2.84. The summed E-state index contributed by atoms with van der Waals surface area (Å²) in [6.07, 6.45) is 4.57. The molecule has 50 valence electrons. The van der Waals surface area contributed by atoms with E-state index in [1.807, 2.05) is 0 Å². The van der Waals surface area contributed by atoms with E-state index in [-0.39, 0.29) is 0 Å². The molecule has 0 saturated heterocycles. The van der Waals surface area contributed by atoms with Crippen molar-refractivity contribution in [2.24, 2.45) is 0 Å². The predicted octanol–water partition coefficient (Wildman–Crippen LogP) is 1.15. The van der Waals surface area contributed by atoms with Gasteiger partial charge >= 0.3 is 0 Å². The van der Waals surface area contributed by atoms with Gasteiger partial charge in [-0.05, 0) is 0 Å². The monoisotopic (exact) mass is 135 g/mol. The number of rotatable bonds is 1. The second-order valence-electron chi connectivity index (χ2n) is 1.96. The van der Waals surface area contributed by atoms with Gasteiger partial charge in [0.15, 0.2) is 5.58 Å². The van der Waals surface area contributed by atoms with E-state index in [4.69, 9.17) is 9.93 Å². The number of aromatic amines is 1. The standard InChI is InChI=1S/C6H5N3O/c7-1-5-6-4(2-8-5)3-9-10-6/h1-3,7-8H. The zero-order valence-corrected chi connectivity index (χ0v) is 5.09. The maximum Gasteiger partial charge on any atom is 0.193 e. The summed E-state index contributed by atoms with van der Waals surface area (Å²) in [5.41, 5.74) is 1.31. The van der Waals surface area contributed by atoms with E-state index in [1.165, 1.54) is 6.21 Å². The molecule has 0 radical (unpaired) electrons. The molecule has 0 aliphatic heterocycles. The predicted molar refractivity (Wildman–Crippen MR) is 36.2 cm³/mol. The van der Waals surface area contributed by atoms with Gasteiger partial charge in [-0.15, -0.1) is 0 Å². The first-order chi connectivity index (χ1) is 4.92. The molecule has 4 heteroatoms. The van der Waals surface area contributed by atoms with Crippen LogP contribution in [0.2, 0.25) is 0 Å². The molecule has 0 amide bonds. The van der Waals surface area contributed by atoms with Crippen molar-refractivity contribution < 1.29 is 4.52 Å². The first kappa shape index (κ1) is 5.22. The number of hydrogen-bond donors (Lipinski definition) is 2. The molecule has 0 bridgehead atoms. The number of fused-ring (bicyclic) bond motifs is 1. The van der Waals surface area contributed by atoms with E-state index >= 15 is 0 Å². The Morgan fingerprint density at radius 1 is 1.70 bits per heavy atom. The molecule has 10 heavy (non-hydrogen) atoms. The van der Waals surface area contributed by atoms with E-state index in [9.17, 15) is 0 Å². The minimum absolute atomic E-state index is 0.648. The van der Waals surface area contributed by atoms with Crippen molar-refractivity contribution in [3.05, 3.63) is 18.1 Å². The smallest absolute Gasteiger partial charge is 0.193 e. The maximum atomic E-state index is 6.94. The fourth-order valence-corrected chi connectivity index (χ4v) is 0.883. The number of aromatic nitrogens is 2. The van der Waals surface area contributed by atoms with Gasteiger partial charge in [-0.1, -0.05) is 5.16 Å².